The first-order chi connectivity index (χ1) is 15.1. The number of Topliss-reactive ketones (excluding diaryl/α,β-unsaturated/α-hetero) is 1. The predicted molar refractivity (Wildman–Crippen MR) is 129 cm³/mol. The molecule has 1 unspecified atom stereocenters. The molecular weight excluding hydrogens is 396 g/mol. The highest BCUT2D eigenvalue weighted by Gasteiger charge is 2.62. The molecular formula is C29H48O3. The zero-order valence-electron chi connectivity index (χ0n) is 21.6. The van der Waals surface area contributed by atoms with Crippen molar-refractivity contribution < 1.29 is 14.3 Å². The molecule has 4 saturated carbocycles. The summed E-state index contributed by atoms with van der Waals surface area (Å²) in [6, 6.07) is 0. The lowest BCUT2D eigenvalue weighted by Crippen LogP contribution is -2.57. The van der Waals surface area contributed by atoms with Gasteiger partial charge in [0.25, 0.3) is 0 Å². The zero-order valence-corrected chi connectivity index (χ0v) is 21.6. The molecule has 0 saturated heterocycles. The number of esters is 1. The van der Waals surface area contributed by atoms with Crippen LogP contribution in [-0.4, -0.2) is 17.9 Å². The summed E-state index contributed by atoms with van der Waals surface area (Å²) in [5, 5.41) is 0. The van der Waals surface area contributed by atoms with Gasteiger partial charge in [-0.25, -0.2) is 0 Å². The Bertz CT molecular complexity index is 713. The molecule has 0 N–H and O–H groups in total. The van der Waals surface area contributed by atoms with Gasteiger partial charge in [-0.3, -0.25) is 9.59 Å². The molecule has 3 nitrogen and oxygen atoms in total. The van der Waals surface area contributed by atoms with E-state index in [1.807, 2.05) is 0 Å². The second-order valence-electron chi connectivity index (χ2n) is 13.1. The third-order valence-electron chi connectivity index (χ3n) is 10.9. The van der Waals surface area contributed by atoms with E-state index in [0.29, 0.717) is 23.0 Å². The fourth-order valence-corrected chi connectivity index (χ4v) is 9.37. The lowest BCUT2D eigenvalue weighted by Gasteiger charge is -2.60. The van der Waals surface area contributed by atoms with E-state index in [9.17, 15) is 9.59 Å². The quantitative estimate of drug-likeness (QED) is 0.406. The molecule has 0 bridgehead atoms. The van der Waals surface area contributed by atoms with Crippen LogP contribution in [0.15, 0.2) is 0 Å². The number of ketones is 1. The van der Waals surface area contributed by atoms with E-state index >= 15 is 0 Å². The van der Waals surface area contributed by atoms with Crippen molar-refractivity contribution in [3.63, 3.8) is 0 Å². The average Bonchev–Trinajstić information content (AvgIpc) is 3.06. The molecule has 0 aliphatic heterocycles. The molecule has 0 amide bonds. The number of fused-ring (bicyclic) bond motifs is 5. The molecule has 182 valence electrons. The third-order valence-corrected chi connectivity index (χ3v) is 10.9. The summed E-state index contributed by atoms with van der Waals surface area (Å²) in [5.74, 6) is 4.81. The Labute approximate surface area is 196 Å². The van der Waals surface area contributed by atoms with Crippen LogP contribution in [0.5, 0.6) is 0 Å². The van der Waals surface area contributed by atoms with Gasteiger partial charge < -0.3 is 4.74 Å². The van der Waals surface area contributed by atoms with Crippen LogP contribution < -0.4 is 0 Å². The number of hydrogen-bond acceptors (Lipinski definition) is 3. The number of hydrogen-bond donors (Lipinski definition) is 0. The molecule has 32 heavy (non-hydrogen) atoms. The van der Waals surface area contributed by atoms with Gasteiger partial charge in [0, 0.05) is 19.3 Å². The van der Waals surface area contributed by atoms with E-state index in [4.69, 9.17) is 4.74 Å². The molecule has 4 aliphatic carbocycles. The molecule has 0 aromatic rings. The van der Waals surface area contributed by atoms with Gasteiger partial charge in [-0.15, -0.1) is 0 Å². The van der Waals surface area contributed by atoms with Gasteiger partial charge in [-0.05, 0) is 91.3 Å². The van der Waals surface area contributed by atoms with E-state index in [1.54, 1.807) is 0 Å². The lowest BCUT2D eigenvalue weighted by atomic mass is 9.44. The number of carbonyl (C=O) groups excluding carboxylic acids is 2. The number of carbonyl (C=O) groups is 2. The Morgan fingerprint density at radius 3 is 2.38 bits per heavy atom. The summed E-state index contributed by atoms with van der Waals surface area (Å²) in [5.41, 5.74) is 0.537. The maximum atomic E-state index is 13.5. The lowest BCUT2D eigenvalue weighted by molar-refractivity contribution is -0.169. The van der Waals surface area contributed by atoms with Crippen molar-refractivity contribution in [2.45, 2.75) is 118 Å². The number of ether oxygens (including phenoxy) is 1. The van der Waals surface area contributed by atoms with Crippen LogP contribution in [0.1, 0.15) is 112 Å². The molecule has 4 aliphatic rings. The molecule has 9 atom stereocenters. The molecule has 0 aromatic heterocycles. The zero-order chi connectivity index (χ0) is 23.3. The van der Waals surface area contributed by atoms with E-state index in [0.717, 1.165) is 49.4 Å². The second-order valence-corrected chi connectivity index (χ2v) is 13.1. The summed E-state index contributed by atoms with van der Waals surface area (Å²) in [7, 11) is 0. The highest BCUT2D eigenvalue weighted by Crippen LogP contribution is 2.68. The first-order valence-electron chi connectivity index (χ1n) is 13.8. The largest absolute Gasteiger partial charge is 0.463 e. The van der Waals surface area contributed by atoms with Crippen LogP contribution in [0.3, 0.4) is 0 Å². The monoisotopic (exact) mass is 444 g/mol. The Hall–Kier alpha value is -0.860. The second kappa shape index (κ2) is 9.06. The molecule has 0 spiro atoms. The molecule has 0 heterocycles. The Morgan fingerprint density at radius 1 is 1.00 bits per heavy atom. The van der Waals surface area contributed by atoms with Crippen LogP contribution in [-0.2, 0) is 14.3 Å². The minimum Gasteiger partial charge on any atom is -0.463 e. The first kappa shape index (κ1) is 24.3. The van der Waals surface area contributed by atoms with Gasteiger partial charge in [0.15, 0.2) is 0 Å². The van der Waals surface area contributed by atoms with Crippen LogP contribution in [0.4, 0.5) is 0 Å². The highest BCUT2D eigenvalue weighted by atomic mass is 16.5. The minimum atomic E-state index is -0.201. The van der Waals surface area contributed by atoms with Crippen molar-refractivity contribution in [1.29, 1.82) is 0 Å². The van der Waals surface area contributed by atoms with Gasteiger partial charge in [-0.1, -0.05) is 53.9 Å². The van der Waals surface area contributed by atoms with Gasteiger partial charge in [0.1, 0.15) is 11.9 Å². The van der Waals surface area contributed by atoms with E-state index in [1.165, 1.54) is 51.9 Å². The summed E-state index contributed by atoms with van der Waals surface area (Å²) >= 11 is 0. The topological polar surface area (TPSA) is 43.4 Å². The molecule has 4 rings (SSSR count). The fourth-order valence-electron chi connectivity index (χ4n) is 9.37. The normalized spacial score (nSPS) is 44.5. The first-order valence-corrected chi connectivity index (χ1v) is 13.8. The molecule has 4 fully saturated rings. The molecule has 0 radical (unpaired) electrons. The van der Waals surface area contributed by atoms with Crippen molar-refractivity contribution in [2.75, 3.05) is 0 Å². The predicted octanol–water partition coefficient (Wildman–Crippen LogP) is 7.22. The number of rotatable bonds is 6. The minimum absolute atomic E-state index is 0.0533. The van der Waals surface area contributed by atoms with Crippen molar-refractivity contribution in [1.82, 2.24) is 0 Å². The maximum Gasteiger partial charge on any atom is 0.302 e. The summed E-state index contributed by atoms with van der Waals surface area (Å²) in [6.07, 6.45) is 12.9. The van der Waals surface area contributed by atoms with Gasteiger partial charge in [0.05, 0.1) is 0 Å². The Morgan fingerprint density at radius 2 is 1.69 bits per heavy atom. The molecule has 0 aromatic carbocycles. The summed E-state index contributed by atoms with van der Waals surface area (Å²) in [6.45, 7) is 13.7. The van der Waals surface area contributed by atoms with E-state index < -0.39 is 0 Å². The third kappa shape index (κ3) is 4.20. The standard InChI is InChI=1S/C29H48O3/c1-18(2)8-7-9-19(3)23-10-11-24-22-17-27(31)26-16-21(32-20(4)30)12-14-29(26,6)25(22)13-15-28(23,24)5/h18-19,21-26H,7-17H2,1-6H3/t19-,21+,22+,23-,24+,25+,26?,28-,29-/m1/s1. The summed E-state index contributed by atoms with van der Waals surface area (Å²) < 4.78 is 5.55. The van der Waals surface area contributed by atoms with Crippen LogP contribution in [0.25, 0.3) is 0 Å². The van der Waals surface area contributed by atoms with E-state index in [2.05, 4.69) is 34.6 Å². The van der Waals surface area contributed by atoms with Crippen LogP contribution in [0.2, 0.25) is 0 Å². The Kier molecular flexibility index (Phi) is 6.87. The van der Waals surface area contributed by atoms with Gasteiger partial charge >= 0.3 is 5.97 Å². The highest BCUT2D eigenvalue weighted by molar-refractivity contribution is 5.83. The fraction of sp³-hybridized carbons (Fsp3) is 0.931. The smallest absolute Gasteiger partial charge is 0.302 e. The van der Waals surface area contributed by atoms with Crippen molar-refractivity contribution >= 4 is 11.8 Å². The Balaban J connectivity index is 1.48. The van der Waals surface area contributed by atoms with Crippen molar-refractivity contribution in [2.24, 2.45) is 52.3 Å². The van der Waals surface area contributed by atoms with Crippen LogP contribution in [0, 0.1) is 52.3 Å². The SMILES string of the molecule is CC(=O)O[C@H]1CC[C@@]2(C)C(C1)C(=O)C[C@H]1[C@@H]3CC[C@H]([C@H](C)CCCC(C)C)[C@@]3(C)CC[C@@H]12. The van der Waals surface area contributed by atoms with Crippen molar-refractivity contribution in [3.8, 4) is 0 Å². The summed E-state index contributed by atoms with van der Waals surface area (Å²) in [4.78, 5) is 25.0. The van der Waals surface area contributed by atoms with Crippen LogP contribution >= 0.6 is 0 Å². The van der Waals surface area contributed by atoms with Crippen molar-refractivity contribution in [3.05, 3.63) is 0 Å². The molecule has 3 heteroatoms. The van der Waals surface area contributed by atoms with Gasteiger partial charge in [-0.2, -0.15) is 0 Å². The average molecular weight is 445 g/mol. The maximum absolute atomic E-state index is 13.5. The van der Waals surface area contributed by atoms with E-state index in [-0.39, 0.29) is 23.4 Å². The van der Waals surface area contributed by atoms with Gasteiger partial charge in [0.2, 0.25) is 0 Å².